The van der Waals surface area contributed by atoms with E-state index in [0.717, 1.165) is 0 Å². The van der Waals surface area contributed by atoms with E-state index in [1.807, 2.05) is 0 Å². The van der Waals surface area contributed by atoms with Crippen LogP contribution in [0.15, 0.2) is 12.3 Å². The van der Waals surface area contributed by atoms with Crippen LogP contribution < -0.4 is 15.4 Å². The second kappa shape index (κ2) is 4.99. The van der Waals surface area contributed by atoms with Gasteiger partial charge in [0, 0.05) is 12.6 Å². The van der Waals surface area contributed by atoms with Crippen LogP contribution in [0.3, 0.4) is 0 Å². The molecule has 7 heteroatoms. The average Bonchev–Trinajstić information content (AvgIpc) is 2.72. The molecule has 2 amide bonds. The molecule has 1 aromatic heterocycles. The minimum Gasteiger partial charge on any atom is -0.495 e. The molecule has 6 nitrogen and oxygen atoms in total. The molecule has 18 heavy (non-hydrogen) atoms. The molecule has 1 fully saturated rings. The molecule has 96 valence electrons. The van der Waals surface area contributed by atoms with Crippen molar-refractivity contribution >= 4 is 12.3 Å². The van der Waals surface area contributed by atoms with E-state index in [9.17, 15) is 14.0 Å². The molecule has 2 atom stereocenters. The molecule has 0 bridgehead atoms. The summed E-state index contributed by atoms with van der Waals surface area (Å²) >= 11 is 0. The second-order valence-corrected chi connectivity index (χ2v) is 3.86. The van der Waals surface area contributed by atoms with Crippen LogP contribution in [0.1, 0.15) is 11.6 Å². The van der Waals surface area contributed by atoms with Gasteiger partial charge >= 0.3 is 0 Å². The minimum absolute atomic E-state index is 0.133. The Morgan fingerprint density at radius 3 is 3.06 bits per heavy atom. The van der Waals surface area contributed by atoms with E-state index in [1.54, 1.807) is 0 Å². The van der Waals surface area contributed by atoms with Crippen LogP contribution in [0.4, 0.5) is 4.39 Å². The molecule has 0 spiro atoms. The average molecular weight is 253 g/mol. The van der Waals surface area contributed by atoms with Crippen LogP contribution in [0.25, 0.3) is 0 Å². The number of carbonyl (C=O) groups is 2. The first-order valence-corrected chi connectivity index (χ1v) is 5.34. The Labute approximate surface area is 103 Å². The van der Waals surface area contributed by atoms with Crippen molar-refractivity contribution in [3.8, 4) is 5.75 Å². The second-order valence-electron chi connectivity index (χ2n) is 3.86. The summed E-state index contributed by atoms with van der Waals surface area (Å²) in [7, 11) is 1.41. The van der Waals surface area contributed by atoms with E-state index < -0.39 is 17.8 Å². The van der Waals surface area contributed by atoms with Crippen molar-refractivity contribution in [1.82, 2.24) is 15.6 Å². The Morgan fingerprint density at radius 1 is 1.67 bits per heavy atom. The van der Waals surface area contributed by atoms with Gasteiger partial charge in [0.1, 0.15) is 17.6 Å². The molecule has 1 aromatic rings. The molecule has 1 aliphatic rings. The number of hydrogen-bond donors (Lipinski definition) is 2. The van der Waals surface area contributed by atoms with Crippen molar-refractivity contribution in [3.63, 3.8) is 0 Å². The van der Waals surface area contributed by atoms with Gasteiger partial charge in [-0.2, -0.15) is 0 Å². The van der Waals surface area contributed by atoms with Crippen molar-refractivity contribution in [1.29, 1.82) is 0 Å². The van der Waals surface area contributed by atoms with Gasteiger partial charge in [0.05, 0.1) is 24.9 Å². The Balaban J connectivity index is 2.30. The van der Waals surface area contributed by atoms with E-state index in [2.05, 4.69) is 15.6 Å². The molecule has 0 radical (unpaired) electrons. The van der Waals surface area contributed by atoms with Gasteiger partial charge in [0.15, 0.2) is 0 Å². The number of nitrogens with one attached hydrogen (secondary N) is 2. The number of halogens is 1. The Hall–Kier alpha value is -2.18. The zero-order valence-electron chi connectivity index (χ0n) is 9.64. The monoisotopic (exact) mass is 253 g/mol. The maximum Gasteiger partial charge on any atom is 0.243 e. The van der Waals surface area contributed by atoms with Crippen molar-refractivity contribution in [2.45, 2.75) is 12.0 Å². The van der Waals surface area contributed by atoms with Gasteiger partial charge in [-0.3, -0.25) is 14.6 Å². The van der Waals surface area contributed by atoms with Crippen LogP contribution in [0.5, 0.6) is 5.75 Å². The number of pyridine rings is 1. The maximum atomic E-state index is 13.8. The van der Waals surface area contributed by atoms with Gasteiger partial charge in [0.25, 0.3) is 0 Å². The molecule has 0 aromatic carbocycles. The third-order valence-electron chi connectivity index (χ3n) is 2.86. The topological polar surface area (TPSA) is 80.3 Å². The number of aromatic nitrogens is 1. The Morgan fingerprint density at radius 2 is 2.44 bits per heavy atom. The number of hydrogen-bond acceptors (Lipinski definition) is 4. The highest BCUT2D eigenvalue weighted by molar-refractivity contribution is 5.87. The molecular formula is C11H12FN3O3. The number of nitrogens with zero attached hydrogens (tertiary/aromatic N) is 1. The summed E-state index contributed by atoms with van der Waals surface area (Å²) in [6, 6.07) is 0.404. The predicted molar refractivity (Wildman–Crippen MR) is 59.5 cm³/mol. The molecule has 0 saturated carbocycles. The van der Waals surface area contributed by atoms with Crippen molar-refractivity contribution in [2.75, 3.05) is 13.7 Å². The van der Waals surface area contributed by atoms with Crippen LogP contribution in [-0.2, 0) is 9.59 Å². The fourth-order valence-electron chi connectivity index (χ4n) is 1.96. The number of rotatable bonds is 4. The van der Waals surface area contributed by atoms with Crippen LogP contribution >= 0.6 is 0 Å². The number of methoxy groups -OCH3 is 1. The molecular weight excluding hydrogens is 241 g/mol. The quantitative estimate of drug-likeness (QED) is 0.713. The van der Waals surface area contributed by atoms with E-state index in [4.69, 9.17) is 4.74 Å². The van der Waals surface area contributed by atoms with Crippen molar-refractivity contribution in [2.24, 2.45) is 0 Å². The van der Waals surface area contributed by atoms with Gasteiger partial charge in [0.2, 0.25) is 12.3 Å². The van der Waals surface area contributed by atoms with E-state index in [0.29, 0.717) is 12.2 Å². The molecule has 2 rings (SSSR count). The van der Waals surface area contributed by atoms with Crippen LogP contribution in [0.2, 0.25) is 0 Å². The van der Waals surface area contributed by atoms with Gasteiger partial charge in [-0.05, 0) is 0 Å². The first kappa shape index (κ1) is 12.3. The van der Waals surface area contributed by atoms with E-state index in [-0.39, 0.29) is 18.1 Å². The maximum absolute atomic E-state index is 13.8. The highest BCUT2D eigenvalue weighted by Gasteiger charge is 2.37. The fraction of sp³-hybridized carbons (Fsp3) is 0.364. The molecule has 2 N–H and O–H groups in total. The Kier molecular flexibility index (Phi) is 3.40. The fourth-order valence-corrected chi connectivity index (χ4v) is 1.96. The highest BCUT2D eigenvalue weighted by Crippen LogP contribution is 2.26. The van der Waals surface area contributed by atoms with Crippen molar-refractivity contribution < 1.29 is 18.7 Å². The zero-order chi connectivity index (χ0) is 13.1. The van der Waals surface area contributed by atoms with Gasteiger partial charge in [-0.1, -0.05) is 0 Å². The summed E-state index contributed by atoms with van der Waals surface area (Å²) in [5.41, 5.74) is 0.133. The van der Waals surface area contributed by atoms with Crippen LogP contribution in [0, 0.1) is 5.82 Å². The number of carbonyl (C=O) groups excluding carboxylic acids is 2. The summed E-state index contributed by atoms with van der Waals surface area (Å²) in [6.07, 6.45) is 1.79. The molecule has 2 unspecified atom stereocenters. The van der Waals surface area contributed by atoms with Gasteiger partial charge in [-0.15, -0.1) is 0 Å². The lowest BCUT2D eigenvalue weighted by Crippen LogP contribution is -2.38. The Bertz CT molecular complexity index is 481. The lowest BCUT2D eigenvalue weighted by Gasteiger charge is -2.16. The summed E-state index contributed by atoms with van der Waals surface area (Å²) in [5, 5.41) is 4.93. The molecule has 1 aliphatic heterocycles. The summed E-state index contributed by atoms with van der Waals surface area (Å²) in [6.45, 7) is 0.237. The first-order chi connectivity index (χ1) is 8.67. The van der Waals surface area contributed by atoms with E-state index >= 15 is 0 Å². The summed E-state index contributed by atoms with van der Waals surface area (Å²) in [4.78, 5) is 25.9. The largest absolute Gasteiger partial charge is 0.495 e. The van der Waals surface area contributed by atoms with Crippen molar-refractivity contribution in [3.05, 3.63) is 23.8 Å². The summed E-state index contributed by atoms with van der Waals surface area (Å²) in [5.74, 6) is -1.13. The first-order valence-electron chi connectivity index (χ1n) is 5.34. The van der Waals surface area contributed by atoms with Gasteiger partial charge in [-0.25, -0.2) is 4.39 Å². The number of amides is 2. The van der Waals surface area contributed by atoms with E-state index in [1.165, 1.54) is 19.4 Å². The lowest BCUT2D eigenvalue weighted by molar-refractivity contribution is -0.123. The molecule has 0 aliphatic carbocycles. The molecule has 2 heterocycles. The standard InChI is InChI=1S/C11H12FN3O3/c1-18-6-2-8(12)9(13-3-6)7-4-14-11(17)10(7)15-5-16/h2-3,5,7,10H,4H2,1H3,(H,14,17)(H,15,16). The smallest absolute Gasteiger partial charge is 0.243 e. The van der Waals surface area contributed by atoms with Crippen LogP contribution in [-0.4, -0.2) is 37.0 Å². The number of ether oxygens (including phenoxy) is 1. The lowest BCUT2D eigenvalue weighted by atomic mass is 9.98. The normalized spacial score (nSPS) is 22.4. The summed E-state index contributed by atoms with van der Waals surface area (Å²) < 4.78 is 18.7. The SMILES string of the molecule is COc1cnc(C2CNC(=O)C2NC=O)c(F)c1. The van der Waals surface area contributed by atoms with Gasteiger partial charge < -0.3 is 15.4 Å². The predicted octanol–water partition coefficient (Wildman–Crippen LogP) is -0.443. The third-order valence-corrected chi connectivity index (χ3v) is 2.86. The molecule has 1 saturated heterocycles. The third kappa shape index (κ3) is 2.11. The zero-order valence-corrected chi connectivity index (χ0v) is 9.64. The highest BCUT2D eigenvalue weighted by atomic mass is 19.1. The minimum atomic E-state index is -0.794.